The molecule has 0 spiro atoms. The number of fused-ring (bicyclic) bond motifs is 4. The van der Waals surface area contributed by atoms with E-state index in [1.54, 1.807) is 101 Å². The maximum absolute atomic E-state index is 14.2. The Bertz CT molecular complexity index is 3890. The number of halogens is 7. The van der Waals surface area contributed by atoms with Crippen LogP contribution in [0.3, 0.4) is 0 Å². The maximum atomic E-state index is 14.2. The van der Waals surface area contributed by atoms with Gasteiger partial charge in [0.1, 0.15) is 27.2 Å². The van der Waals surface area contributed by atoms with Crippen molar-refractivity contribution in [2.45, 2.75) is 65.0 Å². The average molecular weight is 1040 g/mol. The van der Waals surface area contributed by atoms with Gasteiger partial charge in [0.25, 0.3) is 11.1 Å². The highest BCUT2D eigenvalue weighted by molar-refractivity contribution is 6.58. The van der Waals surface area contributed by atoms with Crippen molar-refractivity contribution in [2.24, 2.45) is 25.9 Å². The molecule has 2 saturated carbocycles. The summed E-state index contributed by atoms with van der Waals surface area (Å²) in [6.45, 7) is 4.45. The average Bonchev–Trinajstić information content (AvgIpc) is 4.19. The molecule has 8 aromatic heterocycles. The van der Waals surface area contributed by atoms with Crippen molar-refractivity contribution in [3.05, 3.63) is 146 Å². The van der Waals surface area contributed by atoms with E-state index < -0.39 is 41.7 Å². The molecule has 2 N–H and O–H groups in total. The fourth-order valence-corrected chi connectivity index (χ4v) is 9.01. The Morgan fingerprint density at radius 3 is 1.54 bits per heavy atom. The molecule has 74 heavy (non-hydrogen) atoms. The van der Waals surface area contributed by atoms with Crippen LogP contribution in [0.25, 0.3) is 66.4 Å². The highest BCUT2D eigenvalue weighted by Gasteiger charge is 2.39. The van der Waals surface area contributed by atoms with Gasteiger partial charge in [0.2, 0.25) is 0 Å². The van der Waals surface area contributed by atoms with Crippen LogP contribution in [-0.2, 0) is 39.5 Å². The Morgan fingerprint density at radius 2 is 1.09 bits per heavy atom. The zero-order valence-electron chi connectivity index (χ0n) is 39.9. The summed E-state index contributed by atoms with van der Waals surface area (Å²) in [7, 11) is 2.12. The van der Waals surface area contributed by atoms with Crippen molar-refractivity contribution in [3.63, 3.8) is 0 Å². The van der Waals surface area contributed by atoms with E-state index in [0.29, 0.717) is 58.4 Å². The fourth-order valence-electron chi connectivity index (χ4n) is 8.73. The highest BCUT2D eigenvalue weighted by atomic mass is 35.5. The van der Waals surface area contributed by atoms with Crippen molar-refractivity contribution in [3.8, 4) is 22.5 Å². The lowest BCUT2D eigenvalue weighted by molar-refractivity contribution is -0.137. The number of benzene rings is 2. The monoisotopic (exact) mass is 1040 g/mol. The van der Waals surface area contributed by atoms with Crippen molar-refractivity contribution in [1.29, 1.82) is 0 Å². The van der Waals surface area contributed by atoms with Crippen molar-refractivity contribution < 1.29 is 36.4 Å². The van der Waals surface area contributed by atoms with Gasteiger partial charge < -0.3 is 19.2 Å². The summed E-state index contributed by atoms with van der Waals surface area (Å²) in [5, 5.41) is 35.4. The summed E-state index contributed by atoms with van der Waals surface area (Å²) in [5.41, 5.74) is 1.46. The number of aryl methyl sites for hydroxylation is 4. The normalized spacial score (nSPS) is 13.9. The molecule has 380 valence electrons. The van der Waals surface area contributed by atoms with E-state index in [1.807, 2.05) is 13.8 Å². The summed E-state index contributed by atoms with van der Waals surface area (Å²) in [5.74, 6) is 0.601. The number of alkyl halides is 6. The molecule has 0 atom stereocenters. The van der Waals surface area contributed by atoms with E-state index in [-0.39, 0.29) is 32.7 Å². The minimum Gasteiger partial charge on any atom is -0.423 e. The number of rotatable bonds is 8. The summed E-state index contributed by atoms with van der Waals surface area (Å²) in [4.78, 5) is 34.9. The van der Waals surface area contributed by atoms with Crippen LogP contribution in [0.1, 0.15) is 48.2 Å². The van der Waals surface area contributed by atoms with Gasteiger partial charge in [-0.2, -0.15) is 56.1 Å². The first-order chi connectivity index (χ1) is 35.1. The van der Waals surface area contributed by atoms with Crippen LogP contribution in [0.5, 0.6) is 0 Å². The van der Waals surface area contributed by atoms with Crippen LogP contribution in [0.4, 0.5) is 26.3 Å². The largest absolute Gasteiger partial charge is 0.490 e. The van der Waals surface area contributed by atoms with Crippen LogP contribution < -0.4 is 16.6 Å². The second-order valence-electron chi connectivity index (χ2n) is 18.7. The molecular formula is C50H44BClF6N12O4. The van der Waals surface area contributed by atoms with Crippen molar-refractivity contribution in [2.75, 3.05) is 0 Å². The predicted molar refractivity (Wildman–Crippen MR) is 266 cm³/mol. The molecule has 0 aliphatic heterocycles. The lowest BCUT2D eigenvalue weighted by Crippen LogP contribution is -2.29. The zero-order valence-corrected chi connectivity index (χ0v) is 40.7. The Kier molecular flexibility index (Phi) is 12.8. The van der Waals surface area contributed by atoms with E-state index in [0.717, 1.165) is 69.6 Å². The van der Waals surface area contributed by atoms with Gasteiger partial charge in [0.05, 0.1) is 39.0 Å². The quantitative estimate of drug-likeness (QED) is 0.112. The van der Waals surface area contributed by atoms with Gasteiger partial charge in [-0.05, 0) is 99.9 Å². The summed E-state index contributed by atoms with van der Waals surface area (Å²) in [6.07, 6.45) is 3.18. The molecule has 2 aromatic carbocycles. The number of hydrogen-bond acceptors (Lipinski definition) is 10. The zero-order chi connectivity index (χ0) is 52.5. The van der Waals surface area contributed by atoms with E-state index in [1.165, 1.54) is 17.0 Å². The number of nitrogens with zero attached hydrogens (tertiary/aromatic N) is 12. The molecule has 24 heteroatoms. The molecule has 8 heterocycles. The first kappa shape index (κ1) is 49.9. The third-order valence-electron chi connectivity index (χ3n) is 12.8. The number of hydrogen-bond donors (Lipinski definition) is 2. The summed E-state index contributed by atoms with van der Waals surface area (Å²) >= 11 is 6.30. The molecule has 12 rings (SSSR count). The number of pyridine rings is 2. The van der Waals surface area contributed by atoms with E-state index >= 15 is 0 Å². The van der Waals surface area contributed by atoms with Gasteiger partial charge in [0, 0.05) is 97.6 Å². The van der Waals surface area contributed by atoms with E-state index in [4.69, 9.17) is 21.6 Å². The lowest BCUT2D eigenvalue weighted by atomic mass is 9.82. The molecule has 0 saturated heterocycles. The second kappa shape index (κ2) is 19.0. The third kappa shape index (κ3) is 10.1. The van der Waals surface area contributed by atoms with Crippen LogP contribution >= 0.6 is 11.6 Å². The molecule has 0 radical (unpaired) electrons. The SMILES string of the molecule is Cc1ccc(-c2c(=O)n(-c3ccc4nn(C)cc4c3)nc3c(C(F)(F)F)cn(CC4CC4)c23)cn1.Cc1ccc(B(O)O)cn1.Cn1cc2cc(-n3nc4c(C(F)(F)F)cn(CC5CC5)c4c(Cl)c3=O)ccc2n1. The Hall–Kier alpha value is -7.63. The van der Waals surface area contributed by atoms with Gasteiger partial charge in [-0.15, -0.1) is 0 Å². The second-order valence-corrected chi connectivity index (χ2v) is 19.1. The standard InChI is InChI=1S/C25H21F3N6O.C19H15ClF3N5O.C6H8BNO2/c1-14-3-6-16(10-29-14)21-23-22(19(25(26,27)28)13-33(23)11-15-4-5-15)31-34(24(21)35)18-7-8-20-17(9-18)12-32(2)30-20;1-26-8-11-6-12(4-5-14(11)24-26)28-18(29)15(20)17-16(25-28)13(19(21,22)23)9-27(17)7-10-2-3-10;1-5-2-3-6(4-8-5)7(9)10/h3,6-10,12-13,15H,4-5,11H2,1-2H3;4-6,8-10H,2-3,7H2,1H3;2-4,9-10H,1H3. The molecule has 0 amide bonds. The maximum Gasteiger partial charge on any atom is 0.490 e. The van der Waals surface area contributed by atoms with Crippen LogP contribution in [0, 0.1) is 25.7 Å². The molecule has 0 bridgehead atoms. The lowest BCUT2D eigenvalue weighted by Gasteiger charge is -2.13. The van der Waals surface area contributed by atoms with Gasteiger partial charge in [-0.1, -0.05) is 23.7 Å². The molecular weight excluding hydrogens is 993 g/mol. The molecule has 2 aliphatic carbocycles. The first-order valence-electron chi connectivity index (χ1n) is 23.3. The molecule has 10 aromatic rings. The van der Waals surface area contributed by atoms with Gasteiger partial charge >= 0.3 is 19.5 Å². The molecule has 2 aliphatic rings. The van der Waals surface area contributed by atoms with Crippen LogP contribution in [0.15, 0.2) is 107 Å². The van der Waals surface area contributed by atoms with E-state index in [9.17, 15) is 35.9 Å². The Labute approximate surface area is 420 Å². The minimum atomic E-state index is -4.63. The third-order valence-corrected chi connectivity index (χ3v) is 13.1. The molecule has 2 fully saturated rings. The van der Waals surface area contributed by atoms with Gasteiger partial charge in [-0.25, -0.2) is 0 Å². The molecule has 16 nitrogen and oxygen atoms in total. The minimum absolute atomic E-state index is 0.0367. The highest BCUT2D eigenvalue weighted by Crippen LogP contribution is 2.41. The van der Waals surface area contributed by atoms with Crippen molar-refractivity contribution in [1.82, 2.24) is 58.2 Å². The molecule has 0 unspecified atom stereocenters. The Morgan fingerprint density at radius 1 is 0.622 bits per heavy atom. The number of aromatic nitrogens is 12. The predicted octanol–water partition coefficient (Wildman–Crippen LogP) is 8.10. The fraction of sp³-hybridized carbons (Fsp3) is 0.280. The summed E-state index contributed by atoms with van der Waals surface area (Å²) in [6, 6.07) is 16.8. The van der Waals surface area contributed by atoms with E-state index in [2.05, 4.69) is 30.4 Å². The summed E-state index contributed by atoms with van der Waals surface area (Å²) < 4.78 is 91.7. The van der Waals surface area contributed by atoms with Crippen LogP contribution in [0.2, 0.25) is 5.02 Å². The van der Waals surface area contributed by atoms with Crippen molar-refractivity contribution >= 4 is 68.1 Å². The smallest absolute Gasteiger partial charge is 0.423 e. The van der Waals surface area contributed by atoms with Gasteiger partial charge in [0.15, 0.2) is 0 Å². The van der Waals surface area contributed by atoms with Crippen LogP contribution in [-0.4, -0.2) is 75.4 Å². The topological polar surface area (TPSA) is 182 Å². The Balaban J connectivity index is 0.000000145. The van der Waals surface area contributed by atoms with Gasteiger partial charge in [-0.3, -0.25) is 28.9 Å². The first-order valence-corrected chi connectivity index (χ1v) is 23.7.